The molecule has 1 aromatic rings. The minimum Gasteiger partial charge on any atom is -0.481 e. The molecule has 1 rings (SSSR count). The van der Waals surface area contributed by atoms with Crippen LogP contribution in [-0.2, 0) is 14.4 Å². The number of nitrogens with zero attached hydrogens (tertiary/aromatic N) is 1. The molecule has 0 spiro atoms. The molecule has 6 nitrogen and oxygen atoms in total. The number of nitrogens with one attached hydrogen (secondary N) is 1. The summed E-state index contributed by atoms with van der Waals surface area (Å²) in [6.07, 6.45) is -0.0642. The highest BCUT2D eigenvalue weighted by Crippen LogP contribution is 2.20. The van der Waals surface area contributed by atoms with Crippen LogP contribution in [0.1, 0.15) is 31.4 Å². The van der Waals surface area contributed by atoms with Crippen LogP contribution < -0.4 is 5.32 Å². The molecule has 0 saturated carbocycles. The quantitative estimate of drug-likeness (QED) is 0.800. The number of carbonyl (C=O) groups excluding carboxylic acids is 2. The van der Waals surface area contributed by atoms with E-state index in [9.17, 15) is 14.4 Å². The molecule has 1 unspecified atom stereocenters. The third kappa shape index (κ3) is 6.13. The van der Waals surface area contributed by atoms with Gasteiger partial charge in [-0.2, -0.15) is 0 Å². The number of halogens is 1. The van der Waals surface area contributed by atoms with Crippen LogP contribution in [0.15, 0.2) is 24.3 Å². The first-order chi connectivity index (χ1) is 10.3. The van der Waals surface area contributed by atoms with Crippen LogP contribution in [0.5, 0.6) is 0 Å². The van der Waals surface area contributed by atoms with Crippen LogP contribution >= 0.6 is 11.6 Å². The zero-order chi connectivity index (χ0) is 16.7. The van der Waals surface area contributed by atoms with Crippen molar-refractivity contribution in [2.24, 2.45) is 0 Å². The van der Waals surface area contributed by atoms with Crippen molar-refractivity contribution in [2.75, 3.05) is 13.6 Å². The first-order valence-electron chi connectivity index (χ1n) is 6.78. The van der Waals surface area contributed by atoms with Gasteiger partial charge in [-0.05, 0) is 17.7 Å². The lowest BCUT2D eigenvalue weighted by atomic mass is 10.0. The number of hydrogen-bond acceptors (Lipinski definition) is 3. The Morgan fingerprint density at radius 3 is 2.36 bits per heavy atom. The van der Waals surface area contributed by atoms with Gasteiger partial charge in [0.15, 0.2) is 0 Å². The summed E-state index contributed by atoms with van der Waals surface area (Å²) in [7, 11) is 1.54. The summed E-state index contributed by atoms with van der Waals surface area (Å²) in [5, 5.41) is 11.9. The van der Waals surface area contributed by atoms with E-state index in [4.69, 9.17) is 16.7 Å². The Balaban J connectivity index is 2.76. The Labute approximate surface area is 134 Å². The predicted octanol–water partition coefficient (Wildman–Crippen LogP) is 1.84. The Morgan fingerprint density at radius 2 is 1.86 bits per heavy atom. The van der Waals surface area contributed by atoms with Crippen molar-refractivity contribution in [3.63, 3.8) is 0 Å². The van der Waals surface area contributed by atoms with Crippen LogP contribution in [0.3, 0.4) is 0 Å². The third-order valence-corrected chi connectivity index (χ3v) is 3.37. The van der Waals surface area contributed by atoms with Crippen molar-refractivity contribution in [1.29, 1.82) is 0 Å². The molecule has 0 aliphatic rings. The van der Waals surface area contributed by atoms with Gasteiger partial charge in [0.25, 0.3) is 0 Å². The number of rotatable bonds is 7. The van der Waals surface area contributed by atoms with Gasteiger partial charge >= 0.3 is 5.97 Å². The molecule has 2 N–H and O–H groups in total. The summed E-state index contributed by atoms with van der Waals surface area (Å²) < 4.78 is 0. The van der Waals surface area contributed by atoms with E-state index in [2.05, 4.69) is 5.32 Å². The minimum absolute atomic E-state index is 0.0529. The van der Waals surface area contributed by atoms with Crippen LogP contribution in [-0.4, -0.2) is 41.4 Å². The first kappa shape index (κ1) is 18.0. The molecule has 1 atom stereocenters. The van der Waals surface area contributed by atoms with E-state index >= 15 is 0 Å². The zero-order valence-corrected chi connectivity index (χ0v) is 13.3. The molecule has 0 saturated heterocycles. The number of benzene rings is 1. The summed E-state index contributed by atoms with van der Waals surface area (Å²) in [5.41, 5.74) is 0.764. The van der Waals surface area contributed by atoms with E-state index in [1.807, 2.05) is 0 Å². The van der Waals surface area contributed by atoms with Gasteiger partial charge in [-0.25, -0.2) is 0 Å². The smallest absolute Gasteiger partial charge is 0.305 e. The van der Waals surface area contributed by atoms with Gasteiger partial charge in [-0.3, -0.25) is 14.4 Å². The molecular weight excluding hydrogens is 308 g/mol. The van der Waals surface area contributed by atoms with E-state index in [1.54, 1.807) is 24.3 Å². The summed E-state index contributed by atoms with van der Waals surface area (Å²) >= 11 is 5.83. The van der Waals surface area contributed by atoms with E-state index in [1.165, 1.54) is 18.9 Å². The summed E-state index contributed by atoms with van der Waals surface area (Å²) in [6.45, 7) is 1.50. The SMILES string of the molecule is CC(=O)NC(CC(=O)N(C)CCC(=O)O)c1ccc(Cl)cc1. The Hall–Kier alpha value is -2.08. The minimum atomic E-state index is -0.962. The van der Waals surface area contributed by atoms with Crippen LogP contribution in [0.4, 0.5) is 0 Å². The highest BCUT2D eigenvalue weighted by Gasteiger charge is 2.19. The van der Waals surface area contributed by atoms with E-state index < -0.39 is 12.0 Å². The maximum Gasteiger partial charge on any atom is 0.305 e. The summed E-state index contributed by atoms with van der Waals surface area (Å²) in [6, 6.07) is 6.38. The molecule has 0 aromatic heterocycles. The molecule has 1 aromatic carbocycles. The van der Waals surface area contributed by atoms with Gasteiger partial charge in [0.1, 0.15) is 0 Å². The number of carboxylic acid groups (broad SMARTS) is 1. The predicted molar refractivity (Wildman–Crippen MR) is 82.5 cm³/mol. The number of hydrogen-bond donors (Lipinski definition) is 2. The van der Waals surface area contributed by atoms with Crippen LogP contribution in [0, 0.1) is 0 Å². The lowest BCUT2D eigenvalue weighted by Gasteiger charge is -2.22. The summed E-state index contributed by atoms with van der Waals surface area (Å²) in [5.74, 6) is -1.45. The van der Waals surface area contributed by atoms with E-state index in [0.29, 0.717) is 5.02 Å². The maximum absolute atomic E-state index is 12.1. The fourth-order valence-electron chi connectivity index (χ4n) is 1.91. The highest BCUT2D eigenvalue weighted by atomic mass is 35.5. The normalized spacial score (nSPS) is 11.6. The average molecular weight is 327 g/mol. The summed E-state index contributed by atoms with van der Waals surface area (Å²) in [4.78, 5) is 35.4. The van der Waals surface area contributed by atoms with Gasteiger partial charge in [0.05, 0.1) is 18.9 Å². The average Bonchev–Trinajstić information content (AvgIpc) is 2.44. The fourth-order valence-corrected chi connectivity index (χ4v) is 2.04. The second-order valence-corrected chi connectivity index (χ2v) is 5.40. The Morgan fingerprint density at radius 1 is 1.27 bits per heavy atom. The largest absolute Gasteiger partial charge is 0.481 e. The Bertz CT molecular complexity index is 545. The van der Waals surface area contributed by atoms with Crippen LogP contribution in [0.25, 0.3) is 0 Å². The highest BCUT2D eigenvalue weighted by molar-refractivity contribution is 6.30. The molecule has 0 heterocycles. The lowest BCUT2D eigenvalue weighted by molar-refractivity contribution is -0.138. The van der Waals surface area contributed by atoms with Gasteiger partial charge in [-0.15, -0.1) is 0 Å². The number of carboxylic acids is 1. The molecule has 0 bridgehead atoms. The number of carbonyl (C=O) groups is 3. The molecule has 0 radical (unpaired) electrons. The van der Waals surface area contributed by atoms with Crippen molar-refractivity contribution < 1.29 is 19.5 Å². The van der Waals surface area contributed by atoms with E-state index in [0.717, 1.165) is 5.56 Å². The molecule has 0 aliphatic carbocycles. The number of amides is 2. The second-order valence-electron chi connectivity index (χ2n) is 4.97. The van der Waals surface area contributed by atoms with Gasteiger partial charge in [0, 0.05) is 25.5 Å². The molecular formula is C15H19ClN2O4. The van der Waals surface area contributed by atoms with E-state index in [-0.39, 0.29) is 31.2 Å². The van der Waals surface area contributed by atoms with Crippen molar-refractivity contribution in [3.8, 4) is 0 Å². The lowest BCUT2D eigenvalue weighted by Crippen LogP contribution is -2.34. The van der Waals surface area contributed by atoms with Crippen molar-refractivity contribution in [1.82, 2.24) is 10.2 Å². The third-order valence-electron chi connectivity index (χ3n) is 3.12. The molecule has 22 heavy (non-hydrogen) atoms. The zero-order valence-electron chi connectivity index (χ0n) is 12.5. The van der Waals surface area contributed by atoms with Crippen molar-refractivity contribution >= 4 is 29.4 Å². The van der Waals surface area contributed by atoms with Gasteiger partial charge in [0.2, 0.25) is 11.8 Å². The molecule has 0 fully saturated rings. The topological polar surface area (TPSA) is 86.7 Å². The second kappa shape index (κ2) is 8.38. The Kier molecular flexibility index (Phi) is 6.85. The molecule has 2 amide bonds. The molecule has 7 heteroatoms. The van der Waals surface area contributed by atoms with Crippen LogP contribution in [0.2, 0.25) is 5.02 Å². The monoisotopic (exact) mass is 326 g/mol. The number of aliphatic carboxylic acids is 1. The van der Waals surface area contributed by atoms with Crippen molar-refractivity contribution in [3.05, 3.63) is 34.9 Å². The first-order valence-corrected chi connectivity index (χ1v) is 7.15. The van der Waals surface area contributed by atoms with Gasteiger partial charge in [-0.1, -0.05) is 23.7 Å². The van der Waals surface area contributed by atoms with Gasteiger partial charge < -0.3 is 15.3 Å². The molecule has 0 aliphatic heterocycles. The maximum atomic E-state index is 12.1. The molecule has 120 valence electrons. The van der Waals surface area contributed by atoms with Crippen molar-refractivity contribution in [2.45, 2.75) is 25.8 Å². The fraction of sp³-hybridized carbons (Fsp3) is 0.400. The standard InChI is InChI=1S/C15H19ClN2O4/c1-10(19)17-13(11-3-5-12(16)6-4-11)9-14(20)18(2)8-7-15(21)22/h3-6,13H,7-9H2,1-2H3,(H,17,19)(H,21,22).